The van der Waals surface area contributed by atoms with Crippen molar-refractivity contribution in [2.24, 2.45) is 0 Å². The highest BCUT2D eigenvalue weighted by molar-refractivity contribution is 7.51. The fourth-order valence-corrected chi connectivity index (χ4v) is 1.93. The van der Waals surface area contributed by atoms with Gasteiger partial charge in [0.25, 0.3) is 0 Å². The number of hydrogen-bond acceptors (Lipinski definition) is 1. The van der Waals surface area contributed by atoms with Crippen LogP contribution in [0.25, 0.3) is 0 Å². The van der Waals surface area contributed by atoms with Crippen LogP contribution in [0.1, 0.15) is 18.4 Å². The average molecular weight is 251 g/mol. The molecule has 0 spiro atoms. The SMILES string of the molecule is Cl.O=P(O)(O)CCCCc1ccccc1. The summed E-state index contributed by atoms with van der Waals surface area (Å²) in [6.07, 6.45) is 2.30. The van der Waals surface area contributed by atoms with Gasteiger partial charge in [-0.1, -0.05) is 30.3 Å². The summed E-state index contributed by atoms with van der Waals surface area (Å²) >= 11 is 0. The summed E-state index contributed by atoms with van der Waals surface area (Å²) in [5.74, 6) is 0. The lowest BCUT2D eigenvalue weighted by Crippen LogP contribution is -1.90. The summed E-state index contributed by atoms with van der Waals surface area (Å²) in [6.45, 7) is 0. The van der Waals surface area contributed by atoms with Crippen molar-refractivity contribution < 1.29 is 14.4 Å². The van der Waals surface area contributed by atoms with Crippen molar-refractivity contribution in [1.82, 2.24) is 0 Å². The number of halogens is 1. The van der Waals surface area contributed by atoms with E-state index in [9.17, 15) is 4.57 Å². The molecule has 0 amide bonds. The predicted octanol–water partition coefficient (Wildman–Crippen LogP) is 2.61. The third-order valence-corrected chi connectivity index (χ3v) is 2.91. The molecule has 1 aromatic rings. The van der Waals surface area contributed by atoms with E-state index in [-0.39, 0.29) is 18.6 Å². The first kappa shape index (κ1) is 14.7. The van der Waals surface area contributed by atoms with E-state index in [1.54, 1.807) is 0 Å². The molecular weight excluding hydrogens is 235 g/mol. The second kappa shape index (κ2) is 7.02. The summed E-state index contributed by atoms with van der Waals surface area (Å²) in [4.78, 5) is 17.3. The Morgan fingerprint density at radius 1 is 1.07 bits per heavy atom. The molecule has 1 aromatic carbocycles. The van der Waals surface area contributed by atoms with Crippen molar-refractivity contribution >= 4 is 20.0 Å². The molecule has 3 nitrogen and oxygen atoms in total. The van der Waals surface area contributed by atoms with Gasteiger partial charge in [0.1, 0.15) is 0 Å². The Kier molecular flexibility index (Phi) is 6.86. The topological polar surface area (TPSA) is 57.5 Å². The van der Waals surface area contributed by atoms with Crippen molar-refractivity contribution in [3.8, 4) is 0 Å². The highest BCUT2D eigenvalue weighted by atomic mass is 35.5. The summed E-state index contributed by atoms with van der Waals surface area (Å²) in [6, 6.07) is 9.95. The number of rotatable bonds is 5. The molecule has 0 aliphatic heterocycles. The first-order valence-electron chi connectivity index (χ1n) is 4.66. The summed E-state index contributed by atoms with van der Waals surface area (Å²) in [5.41, 5.74) is 1.22. The monoisotopic (exact) mass is 250 g/mol. The van der Waals surface area contributed by atoms with E-state index >= 15 is 0 Å². The smallest absolute Gasteiger partial charge is 0.324 e. The fourth-order valence-electron chi connectivity index (χ4n) is 1.29. The molecule has 0 aliphatic carbocycles. The van der Waals surface area contributed by atoms with Crippen molar-refractivity contribution in [3.05, 3.63) is 35.9 Å². The molecule has 0 radical (unpaired) electrons. The van der Waals surface area contributed by atoms with Gasteiger partial charge in [0.2, 0.25) is 0 Å². The van der Waals surface area contributed by atoms with Crippen molar-refractivity contribution in [2.45, 2.75) is 19.3 Å². The highest BCUT2D eigenvalue weighted by Gasteiger charge is 2.10. The first-order chi connectivity index (χ1) is 6.58. The van der Waals surface area contributed by atoms with Crippen LogP contribution in [0, 0.1) is 0 Å². The van der Waals surface area contributed by atoms with E-state index in [0.717, 1.165) is 12.8 Å². The number of hydrogen-bond donors (Lipinski definition) is 2. The van der Waals surface area contributed by atoms with E-state index in [4.69, 9.17) is 9.79 Å². The Balaban J connectivity index is 0.00000196. The van der Waals surface area contributed by atoms with Crippen LogP contribution in [-0.4, -0.2) is 15.9 Å². The Labute approximate surface area is 96.1 Å². The molecule has 0 bridgehead atoms. The zero-order chi connectivity index (χ0) is 10.4. The Morgan fingerprint density at radius 2 is 1.67 bits per heavy atom. The molecule has 5 heteroatoms. The molecular formula is C10H16ClO3P. The maximum Gasteiger partial charge on any atom is 0.325 e. The molecule has 0 heterocycles. The van der Waals surface area contributed by atoms with E-state index in [1.165, 1.54) is 5.56 Å². The van der Waals surface area contributed by atoms with Gasteiger partial charge in [-0.05, 0) is 24.8 Å². The maximum absolute atomic E-state index is 10.5. The van der Waals surface area contributed by atoms with E-state index in [0.29, 0.717) is 6.42 Å². The maximum atomic E-state index is 10.5. The second-order valence-corrected chi connectivity index (χ2v) is 5.11. The van der Waals surface area contributed by atoms with Crippen LogP contribution in [0.4, 0.5) is 0 Å². The summed E-state index contributed by atoms with van der Waals surface area (Å²) < 4.78 is 10.5. The standard InChI is InChI=1S/C10H15O3P.ClH/c11-14(12,13)9-5-4-8-10-6-2-1-3-7-10;/h1-3,6-7H,4-5,8-9H2,(H2,11,12,13);1H. The normalized spacial score (nSPS) is 10.8. The number of unbranched alkanes of at least 4 members (excludes halogenated alkanes) is 1. The van der Waals surface area contributed by atoms with E-state index in [1.807, 2.05) is 30.3 Å². The lowest BCUT2D eigenvalue weighted by Gasteiger charge is -2.03. The zero-order valence-electron chi connectivity index (χ0n) is 8.37. The highest BCUT2D eigenvalue weighted by Crippen LogP contribution is 2.35. The van der Waals surface area contributed by atoms with Gasteiger partial charge in [-0.2, -0.15) is 0 Å². The number of benzene rings is 1. The molecule has 2 N–H and O–H groups in total. The molecule has 0 aliphatic rings. The van der Waals surface area contributed by atoms with Crippen molar-refractivity contribution in [2.75, 3.05) is 6.16 Å². The quantitative estimate of drug-likeness (QED) is 0.624. The van der Waals surface area contributed by atoms with Gasteiger partial charge in [0.05, 0.1) is 0 Å². The second-order valence-electron chi connectivity index (χ2n) is 3.33. The Morgan fingerprint density at radius 3 is 2.20 bits per heavy atom. The van der Waals surface area contributed by atoms with Crippen LogP contribution in [0.2, 0.25) is 0 Å². The predicted molar refractivity (Wildman–Crippen MR) is 63.5 cm³/mol. The van der Waals surface area contributed by atoms with Crippen LogP contribution < -0.4 is 0 Å². The minimum absolute atomic E-state index is 0. The van der Waals surface area contributed by atoms with Gasteiger partial charge in [-0.25, -0.2) is 0 Å². The van der Waals surface area contributed by atoms with Gasteiger partial charge in [0.15, 0.2) is 0 Å². The molecule has 86 valence electrons. The van der Waals surface area contributed by atoms with Gasteiger partial charge in [0, 0.05) is 6.16 Å². The molecule has 1 rings (SSSR count). The largest absolute Gasteiger partial charge is 0.325 e. The van der Waals surface area contributed by atoms with Crippen LogP contribution in [0.15, 0.2) is 30.3 Å². The number of aryl methyl sites for hydroxylation is 1. The van der Waals surface area contributed by atoms with E-state index < -0.39 is 7.60 Å². The summed E-state index contributed by atoms with van der Waals surface area (Å²) in [5, 5.41) is 0. The third kappa shape index (κ3) is 7.57. The van der Waals surface area contributed by atoms with E-state index in [2.05, 4.69) is 0 Å². The third-order valence-electron chi connectivity index (χ3n) is 2.01. The Bertz CT molecular complexity index is 310. The average Bonchev–Trinajstić information content (AvgIpc) is 2.13. The van der Waals surface area contributed by atoms with Gasteiger partial charge in [-0.15, -0.1) is 12.4 Å². The minimum atomic E-state index is -3.79. The lowest BCUT2D eigenvalue weighted by molar-refractivity contribution is 0.371. The molecule has 0 aromatic heterocycles. The summed E-state index contributed by atoms with van der Waals surface area (Å²) in [7, 11) is -3.79. The van der Waals surface area contributed by atoms with Crippen LogP contribution in [-0.2, 0) is 11.0 Å². The van der Waals surface area contributed by atoms with Gasteiger partial charge < -0.3 is 9.79 Å². The molecule has 0 fully saturated rings. The lowest BCUT2D eigenvalue weighted by atomic mass is 10.1. The van der Waals surface area contributed by atoms with Gasteiger partial charge in [-0.3, -0.25) is 4.57 Å². The molecule has 0 atom stereocenters. The van der Waals surface area contributed by atoms with Crippen LogP contribution in [0.5, 0.6) is 0 Å². The molecule has 0 saturated heterocycles. The van der Waals surface area contributed by atoms with Crippen molar-refractivity contribution in [3.63, 3.8) is 0 Å². The molecule has 15 heavy (non-hydrogen) atoms. The minimum Gasteiger partial charge on any atom is -0.324 e. The van der Waals surface area contributed by atoms with Crippen molar-refractivity contribution in [1.29, 1.82) is 0 Å². The molecule has 0 unspecified atom stereocenters. The van der Waals surface area contributed by atoms with Gasteiger partial charge >= 0.3 is 7.60 Å². The first-order valence-corrected chi connectivity index (χ1v) is 6.46. The van der Waals surface area contributed by atoms with Crippen LogP contribution in [0.3, 0.4) is 0 Å². The molecule has 0 saturated carbocycles. The zero-order valence-corrected chi connectivity index (χ0v) is 10.1. The fraction of sp³-hybridized carbons (Fsp3) is 0.400. The van der Waals surface area contributed by atoms with Crippen LogP contribution >= 0.6 is 20.0 Å². The Hall–Kier alpha value is -0.340.